The summed E-state index contributed by atoms with van der Waals surface area (Å²) < 4.78 is 4.56. The first kappa shape index (κ1) is 11.9. The molecule has 2 nitrogen and oxygen atoms in total. The van der Waals surface area contributed by atoms with E-state index in [9.17, 15) is 4.79 Å². The number of ether oxygens (including phenoxy) is 1. The van der Waals surface area contributed by atoms with Crippen LogP contribution in [0.4, 0.5) is 0 Å². The van der Waals surface area contributed by atoms with Crippen molar-refractivity contribution >= 4 is 35.5 Å². The minimum atomic E-state index is -0.312. The van der Waals surface area contributed by atoms with Gasteiger partial charge in [-0.05, 0) is 13.8 Å². The molecule has 0 aliphatic carbocycles. The zero-order valence-corrected chi connectivity index (χ0v) is 8.23. The molecule has 0 aromatic carbocycles. The molecule has 0 aromatic rings. The number of carbonyl (C=O) groups is 1. The molecule has 0 saturated carbocycles. The van der Waals surface area contributed by atoms with E-state index in [1.165, 1.54) is 0 Å². The quantitative estimate of drug-likeness (QED) is 0.319. The van der Waals surface area contributed by atoms with E-state index in [0.717, 1.165) is 0 Å². The number of esters is 1. The van der Waals surface area contributed by atoms with Crippen LogP contribution in [-0.2, 0) is 9.53 Å². The van der Waals surface area contributed by atoms with Gasteiger partial charge in [0, 0.05) is 35.1 Å². The zero-order chi connectivity index (χ0) is 6.57. The number of hydrogen-bond acceptors (Lipinski definition) is 2. The molecule has 0 saturated heterocycles. The van der Waals surface area contributed by atoms with E-state index in [4.69, 9.17) is 0 Å². The van der Waals surface area contributed by atoms with Crippen LogP contribution in [0.2, 0.25) is 0 Å². The Hall–Kier alpha value is 0.210. The Labute approximate surface area is 77.6 Å². The fraction of sp³-hybridized carbons (Fsp3) is 0.500. The molecule has 47 valence electrons. The molecule has 0 atom stereocenters. The van der Waals surface area contributed by atoms with Crippen molar-refractivity contribution in [2.75, 3.05) is 6.61 Å². The molecule has 9 heavy (non-hydrogen) atoms. The van der Waals surface area contributed by atoms with Crippen molar-refractivity contribution in [3.8, 4) is 0 Å². The Morgan fingerprint density at radius 1 is 1.67 bits per heavy atom. The van der Waals surface area contributed by atoms with Crippen molar-refractivity contribution in [1.82, 2.24) is 0 Å². The van der Waals surface area contributed by atoms with Crippen LogP contribution >= 0.6 is 0 Å². The van der Waals surface area contributed by atoms with E-state index in [2.05, 4.69) is 11.3 Å². The van der Waals surface area contributed by atoms with Gasteiger partial charge in [-0.3, -0.25) is 0 Å². The van der Waals surface area contributed by atoms with Gasteiger partial charge in [-0.25, -0.2) is 4.79 Å². The molecule has 0 aromatic heterocycles. The average molecular weight is 137 g/mol. The molecule has 0 N–H and O–H groups in total. The van der Waals surface area contributed by atoms with Crippen molar-refractivity contribution in [2.24, 2.45) is 0 Å². The number of hydrogen-bond donors (Lipinski definition) is 0. The first-order chi connectivity index (χ1) is 3.68. The molecule has 0 spiro atoms. The van der Waals surface area contributed by atoms with Gasteiger partial charge in [0.25, 0.3) is 0 Å². The minimum Gasteiger partial charge on any atom is -0.463 e. The van der Waals surface area contributed by atoms with Crippen molar-refractivity contribution in [3.63, 3.8) is 0 Å². The Morgan fingerprint density at radius 2 is 2.11 bits per heavy atom. The van der Waals surface area contributed by atoms with Gasteiger partial charge < -0.3 is 4.74 Å². The summed E-state index contributed by atoms with van der Waals surface area (Å²) in [5.41, 5.74) is 0.451. The van der Waals surface area contributed by atoms with Crippen LogP contribution in [0, 0.1) is 0 Å². The second-order valence-corrected chi connectivity index (χ2v) is 1.50. The predicted molar refractivity (Wildman–Crippen MR) is 37.2 cm³/mol. The largest absolute Gasteiger partial charge is 0.463 e. The van der Waals surface area contributed by atoms with Gasteiger partial charge in [-0.1, -0.05) is 6.58 Å². The van der Waals surface area contributed by atoms with Crippen molar-refractivity contribution < 1.29 is 9.53 Å². The van der Waals surface area contributed by atoms with Gasteiger partial charge in [-0.15, -0.1) is 0 Å². The molecule has 0 amide bonds. The van der Waals surface area contributed by atoms with E-state index >= 15 is 0 Å². The molecule has 1 radical (unpaired) electrons. The molecule has 0 bridgehead atoms. The molecule has 0 unspecified atom stereocenters. The van der Waals surface area contributed by atoms with Crippen LogP contribution in [0.1, 0.15) is 13.8 Å². The monoisotopic (exact) mass is 137 g/mol. The Kier molecular flexibility index (Phi) is 8.40. The second kappa shape index (κ2) is 6.33. The predicted octanol–water partition coefficient (Wildman–Crippen LogP) is 0.745. The summed E-state index contributed by atoms with van der Waals surface area (Å²) in [4.78, 5) is 10.4. The molecule has 3 heteroatoms. The van der Waals surface area contributed by atoms with Gasteiger partial charge in [0.15, 0.2) is 0 Å². The summed E-state index contributed by atoms with van der Waals surface area (Å²) in [5.74, 6) is -0.312. The molecule has 0 aliphatic rings. The number of rotatable bonds is 2. The SMILES string of the molecule is C=C(C)C(=O)OCC.[Na]. The van der Waals surface area contributed by atoms with Crippen LogP contribution in [0.25, 0.3) is 0 Å². The molecular formula is C6H10NaO2. The summed E-state index contributed by atoms with van der Waals surface area (Å²) in [6.07, 6.45) is 0. The van der Waals surface area contributed by atoms with E-state index in [0.29, 0.717) is 12.2 Å². The summed E-state index contributed by atoms with van der Waals surface area (Å²) in [6, 6.07) is 0. The topological polar surface area (TPSA) is 26.3 Å². The Morgan fingerprint density at radius 3 is 2.22 bits per heavy atom. The van der Waals surface area contributed by atoms with Gasteiger partial charge >= 0.3 is 5.97 Å². The molecular weight excluding hydrogens is 127 g/mol. The molecule has 0 heterocycles. The minimum absolute atomic E-state index is 0. The normalized spacial score (nSPS) is 7.33. The Balaban J connectivity index is 0. The van der Waals surface area contributed by atoms with E-state index < -0.39 is 0 Å². The maximum atomic E-state index is 10.4. The van der Waals surface area contributed by atoms with Crippen LogP contribution in [0.15, 0.2) is 12.2 Å². The molecule has 0 aliphatic heterocycles. The van der Waals surface area contributed by atoms with E-state index in [-0.39, 0.29) is 35.5 Å². The van der Waals surface area contributed by atoms with Crippen LogP contribution in [-0.4, -0.2) is 42.1 Å². The van der Waals surface area contributed by atoms with Gasteiger partial charge in [-0.2, -0.15) is 0 Å². The zero-order valence-electron chi connectivity index (χ0n) is 6.23. The maximum Gasteiger partial charge on any atom is 0.333 e. The van der Waals surface area contributed by atoms with Gasteiger partial charge in [0.1, 0.15) is 0 Å². The third-order valence-electron chi connectivity index (χ3n) is 0.624. The first-order valence-electron chi connectivity index (χ1n) is 2.51. The van der Waals surface area contributed by atoms with Gasteiger partial charge in [0.2, 0.25) is 0 Å². The van der Waals surface area contributed by atoms with E-state index in [1.54, 1.807) is 13.8 Å². The smallest absolute Gasteiger partial charge is 0.333 e. The van der Waals surface area contributed by atoms with Crippen molar-refractivity contribution in [2.45, 2.75) is 13.8 Å². The fourth-order valence-electron chi connectivity index (χ4n) is 0.254. The first-order valence-corrected chi connectivity index (χ1v) is 2.51. The summed E-state index contributed by atoms with van der Waals surface area (Å²) >= 11 is 0. The third kappa shape index (κ3) is 6.09. The van der Waals surface area contributed by atoms with Crippen molar-refractivity contribution in [1.29, 1.82) is 0 Å². The fourth-order valence-corrected chi connectivity index (χ4v) is 0.254. The number of carbonyl (C=O) groups excluding carboxylic acids is 1. The maximum absolute atomic E-state index is 10.4. The Bertz CT molecular complexity index is 110. The van der Waals surface area contributed by atoms with Crippen molar-refractivity contribution in [3.05, 3.63) is 12.2 Å². The summed E-state index contributed by atoms with van der Waals surface area (Å²) in [6.45, 7) is 7.21. The van der Waals surface area contributed by atoms with E-state index in [1.807, 2.05) is 0 Å². The average Bonchev–Trinajstić information content (AvgIpc) is 1.67. The summed E-state index contributed by atoms with van der Waals surface area (Å²) in [7, 11) is 0. The summed E-state index contributed by atoms with van der Waals surface area (Å²) in [5, 5.41) is 0. The standard InChI is InChI=1S/C6H10O2.Na/c1-4-8-6(7)5(2)3;/h2,4H2,1,3H3;. The second-order valence-electron chi connectivity index (χ2n) is 1.50. The molecule has 0 rings (SSSR count). The van der Waals surface area contributed by atoms with Crippen LogP contribution < -0.4 is 0 Å². The third-order valence-corrected chi connectivity index (χ3v) is 0.624. The van der Waals surface area contributed by atoms with Crippen LogP contribution in [0.3, 0.4) is 0 Å². The molecule has 0 fully saturated rings. The van der Waals surface area contributed by atoms with Gasteiger partial charge in [0.05, 0.1) is 6.61 Å². The van der Waals surface area contributed by atoms with Crippen LogP contribution in [0.5, 0.6) is 0 Å².